The molecule has 0 aromatic rings. The fourth-order valence-corrected chi connectivity index (χ4v) is 1.85. The first-order chi connectivity index (χ1) is 6.12. The second-order valence-electron chi connectivity index (χ2n) is 2.74. The lowest BCUT2D eigenvalue weighted by atomic mass is 10.4. The summed E-state index contributed by atoms with van der Waals surface area (Å²) in [7, 11) is -3.33. The zero-order valence-corrected chi connectivity index (χ0v) is 8.46. The maximum atomic E-state index is 11.6. The zero-order valence-electron chi connectivity index (χ0n) is 7.56. The van der Waals surface area contributed by atoms with Gasteiger partial charge in [-0.2, -0.15) is 13.6 Å². The molecule has 0 saturated carbocycles. The fraction of sp³-hybridized carbons (Fsp3) is 0.500. The Morgan fingerprint density at radius 1 is 1.54 bits per heavy atom. The SMILES string of the molecule is C=C(C)CO[P+]1([O-])OCC=CCO1. The van der Waals surface area contributed by atoms with Gasteiger partial charge in [0.25, 0.3) is 0 Å². The molecule has 0 radical (unpaired) electrons. The van der Waals surface area contributed by atoms with E-state index in [0.717, 1.165) is 5.57 Å². The standard InChI is InChI=1S/C8H13O4P/c1-8(2)7-12-13(9)10-5-3-4-6-11-13/h3-4H,1,5-7H2,2H3. The highest BCUT2D eigenvalue weighted by Gasteiger charge is 2.33. The lowest BCUT2D eigenvalue weighted by Crippen LogP contribution is -2.18. The van der Waals surface area contributed by atoms with Crippen molar-refractivity contribution in [3.63, 3.8) is 0 Å². The minimum absolute atomic E-state index is 0.192. The van der Waals surface area contributed by atoms with Crippen LogP contribution in [0, 0.1) is 0 Å². The molecule has 1 aliphatic heterocycles. The maximum absolute atomic E-state index is 11.6. The van der Waals surface area contributed by atoms with Crippen LogP contribution in [-0.4, -0.2) is 19.8 Å². The number of phosphoric acid groups is 1. The minimum atomic E-state index is -3.33. The molecule has 0 atom stereocenters. The molecule has 0 aromatic heterocycles. The van der Waals surface area contributed by atoms with E-state index in [1.165, 1.54) is 0 Å². The molecular formula is C8H13O4P. The molecule has 74 valence electrons. The van der Waals surface area contributed by atoms with Crippen molar-refractivity contribution < 1.29 is 18.5 Å². The van der Waals surface area contributed by atoms with E-state index in [1.54, 1.807) is 19.1 Å². The highest BCUT2D eigenvalue weighted by Crippen LogP contribution is 2.54. The highest BCUT2D eigenvalue weighted by molar-refractivity contribution is 7.54. The second-order valence-corrected chi connectivity index (χ2v) is 4.41. The van der Waals surface area contributed by atoms with Gasteiger partial charge in [-0.15, -0.1) is 0 Å². The molecule has 5 heteroatoms. The summed E-state index contributed by atoms with van der Waals surface area (Å²) in [5.74, 6) is 0. The van der Waals surface area contributed by atoms with Crippen LogP contribution in [0.3, 0.4) is 0 Å². The van der Waals surface area contributed by atoms with Crippen molar-refractivity contribution in [1.29, 1.82) is 0 Å². The van der Waals surface area contributed by atoms with E-state index < -0.39 is 8.17 Å². The molecule has 1 rings (SSSR count). The van der Waals surface area contributed by atoms with Gasteiger partial charge in [0.05, 0.1) is 0 Å². The Kier molecular flexibility index (Phi) is 4.03. The monoisotopic (exact) mass is 204 g/mol. The van der Waals surface area contributed by atoms with E-state index in [9.17, 15) is 4.89 Å². The first kappa shape index (κ1) is 10.8. The van der Waals surface area contributed by atoms with Crippen molar-refractivity contribution in [1.82, 2.24) is 0 Å². The summed E-state index contributed by atoms with van der Waals surface area (Å²) in [4.78, 5) is 11.6. The van der Waals surface area contributed by atoms with Crippen LogP contribution in [0.4, 0.5) is 0 Å². The third kappa shape index (κ3) is 3.98. The molecule has 0 fully saturated rings. The molecule has 0 amide bonds. The molecule has 1 heterocycles. The van der Waals surface area contributed by atoms with Crippen LogP contribution in [0.1, 0.15) is 6.92 Å². The largest absolute Gasteiger partial charge is 0.606 e. The van der Waals surface area contributed by atoms with E-state index in [0.29, 0.717) is 0 Å². The predicted molar refractivity (Wildman–Crippen MR) is 48.7 cm³/mol. The van der Waals surface area contributed by atoms with E-state index >= 15 is 0 Å². The average Bonchev–Trinajstić information content (AvgIpc) is 2.28. The number of rotatable bonds is 3. The van der Waals surface area contributed by atoms with Crippen molar-refractivity contribution in [2.45, 2.75) is 6.92 Å². The number of hydrogen-bond acceptors (Lipinski definition) is 4. The van der Waals surface area contributed by atoms with Gasteiger partial charge in [0, 0.05) is 0 Å². The zero-order chi connectivity index (χ0) is 9.73. The van der Waals surface area contributed by atoms with Crippen LogP contribution < -0.4 is 4.89 Å². The lowest BCUT2D eigenvalue weighted by molar-refractivity contribution is -0.245. The normalized spacial score (nSPS) is 21.1. The molecule has 1 aliphatic rings. The average molecular weight is 204 g/mol. The lowest BCUT2D eigenvalue weighted by Gasteiger charge is -2.22. The van der Waals surface area contributed by atoms with Gasteiger partial charge in [-0.3, -0.25) is 0 Å². The summed E-state index contributed by atoms with van der Waals surface area (Å²) >= 11 is 0. The summed E-state index contributed by atoms with van der Waals surface area (Å²) in [6.45, 7) is 6.11. The van der Waals surface area contributed by atoms with Crippen LogP contribution in [0.2, 0.25) is 0 Å². The number of phosphoric ester groups is 1. The Balaban J connectivity index is 2.40. The molecular weight excluding hydrogens is 191 g/mol. The third-order valence-electron chi connectivity index (χ3n) is 1.29. The summed E-state index contributed by atoms with van der Waals surface area (Å²) < 4.78 is 14.8. The number of hydrogen-bond donors (Lipinski definition) is 0. The van der Waals surface area contributed by atoms with Gasteiger partial charge in [0.1, 0.15) is 19.8 Å². The summed E-state index contributed by atoms with van der Waals surface area (Å²) in [5, 5.41) is 0. The van der Waals surface area contributed by atoms with E-state index in [1.807, 2.05) is 0 Å². The van der Waals surface area contributed by atoms with Gasteiger partial charge in [0.15, 0.2) is 0 Å². The topological polar surface area (TPSA) is 50.8 Å². The van der Waals surface area contributed by atoms with Gasteiger partial charge >= 0.3 is 8.17 Å². The molecule has 4 nitrogen and oxygen atoms in total. The Morgan fingerprint density at radius 3 is 2.54 bits per heavy atom. The first-order valence-corrected chi connectivity index (χ1v) is 5.41. The fourth-order valence-electron chi connectivity index (χ4n) is 0.706. The Hall–Kier alpha value is -0.250. The smallest absolute Gasteiger partial charge is 0.380 e. The molecule has 0 aliphatic carbocycles. The molecule has 0 bridgehead atoms. The molecule has 0 aromatic carbocycles. The van der Waals surface area contributed by atoms with Crippen LogP contribution in [0.15, 0.2) is 24.3 Å². The molecule has 13 heavy (non-hydrogen) atoms. The summed E-state index contributed by atoms with van der Waals surface area (Å²) in [6.07, 6.45) is 3.48. The van der Waals surface area contributed by atoms with Crippen molar-refractivity contribution in [2.24, 2.45) is 0 Å². The molecule has 0 unspecified atom stereocenters. The van der Waals surface area contributed by atoms with Gasteiger partial charge in [-0.25, -0.2) is 0 Å². The van der Waals surface area contributed by atoms with Crippen LogP contribution in [-0.2, 0) is 13.6 Å². The van der Waals surface area contributed by atoms with Gasteiger partial charge < -0.3 is 4.89 Å². The van der Waals surface area contributed by atoms with E-state index in [-0.39, 0.29) is 19.8 Å². The van der Waals surface area contributed by atoms with Crippen molar-refractivity contribution >= 4 is 8.17 Å². The quantitative estimate of drug-likeness (QED) is 0.512. The van der Waals surface area contributed by atoms with Crippen molar-refractivity contribution in [2.75, 3.05) is 19.8 Å². The summed E-state index contributed by atoms with van der Waals surface area (Å²) in [5.41, 5.74) is 0.777. The predicted octanol–water partition coefficient (Wildman–Crippen LogP) is 1.22. The Morgan fingerprint density at radius 2 is 2.08 bits per heavy atom. The second kappa shape index (κ2) is 4.84. The Labute approximate surface area is 78.5 Å². The third-order valence-corrected chi connectivity index (χ3v) is 2.67. The maximum Gasteiger partial charge on any atom is 0.380 e. The van der Waals surface area contributed by atoms with Crippen LogP contribution in [0.25, 0.3) is 0 Å². The van der Waals surface area contributed by atoms with Gasteiger partial charge in [-0.05, 0) is 6.92 Å². The van der Waals surface area contributed by atoms with Gasteiger partial charge in [0.2, 0.25) is 0 Å². The summed E-state index contributed by atoms with van der Waals surface area (Å²) in [6, 6.07) is 0. The van der Waals surface area contributed by atoms with Crippen LogP contribution in [0.5, 0.6) is 0 Å². The van der Waals surface area contributed by atoms with Crippen molar-refractivity contribution in [3.05, 3.63) is 24.3 Å². The van der Waals surface area contributed by atoms with Crippen LogP contribution >= 0.6 is 8.17 Å². The van der Waals surface area contributed by atoms with E-state index in [2.05, 4.69) is 6.58 Å². The van der Waals surface area contributed by atoms with Crippen molar-refractivity contribution in [3.8, 4) is 0 Å². The Bertz CT molecular complexity index is 204. The van der Waals surface area contributed by atoms with Gasteiger partial charge in [-0.1, -0.05) is 24.3 Å². The van der Waals surface area contributed by atoms with E-state index in [4.69, 9.17) is 13.6 Å². The molecule has 0 saturated heterocycles. The molecule has 0 N–H and O–H groups in total. The minimum Gasteiger partial charge on any atom is -0.606 e. The first-order valence-electron chi connectivity index (χ1n) is 3.95. The highest BCUT2D eigenvalue weighted by atomic mass is 31.2. The molecule has 0 spiro atoms.